The van der Waals surface area contributed by atoms with Crippen molar-refractivity contribution in [3.05, 3.63) is 75.8 Å². The molecular weight excluding hydrogens is 313 g/mol. The van der Waals surface area contributed by atoms with Gasteiger partial charge in [-0.05, 0) is 37.3 Å². The lowest BCUT2D eigenvalue weighted by Crippen LogP contribution is -2.11. The molecule has 108 valence electrons. The zero-order valence-electron chi connectivity index (χ0n) is 11.0. The topological polar surface area (TPSA) is 38.5 Å². The van der Waals surface area contributed by atoms with Gasteiger partial charge < -0.3 is 0 Å². The summed E-state index contributed by atoms with van der Waals surface area (Å²) in [7, 11) is -3.89. The largest absolute Gasteiger partial charge is 0.350 e. The van der Waals surface area contributed by atoms with E-state index in [-0.39, 0.29) is 15.5 Å². The molecule has 0 saturated carbocycles. The number of hydrogen-bond acceptors (Lipinski definition) is 2. The average Bonchev–Trinajstić information content (AvgIpc) is 2.44. The Morgan fingerprint density at radius 1 is 1.19 bits per heavy atom. The molecule has 0 N–H and O–H groups in total. The molecule has 0 aliphatic heterocycles. The second kappa shape index (κ2) is 5.84. The molecule has 6 heteroatoms. The van der Waals surface area contributed by atoms with Crippen LogP contribution >= 0.6 is 11.6 Å². The minimum Gasteiger partial charge on any atom is -0.291 e. The van der Waals surface area contributed by atoms with Gasteiger partial charge in [0, 0.05) is 0 Å². The summed E-state index contributed by atoms with van der Waals surface area (Å²) < 4.78 is 38.2. The summed E-state index contributed by atoms with van der Waals surface area (Å²) in [6.07, 6.45) is 0. The van der Waals surface area contributed by atoms with E-state index in [1.54, 1.807) is 12.1 Å². The predicted molar refractivity (Wildman–Crippen MR) is 79.1 cm³/mol. The minimum atomic E-state index is -3.89. The highest BCUT2D eigenvalue weighted by atomic mass is 35.5. The van der Waals surface area contributed by atoms with Crippen LogP contribution in [0, 0.1) is 19.3 Å². The SMILES string of the molecule is [C-]#[N+]C(c1ccc(F)c(Cl)c1)S(=O)(=O)c1ccc(C)cc1. The number of nitrogens with zero attached hydrogens (tertiary/aromatic N) is 1. The third-order valence-electron chi connectivity index (χ3n) is 2.99. The van der Waals surface area contributed by atoms with E-state index in [1.165, 1.54) is 24.3 Å². The highest BCUT2D eigenvalue weighted by Crippen LogP contribution is 2.32. The van der Waals surface area contributed by atoms with Crippen molar-refractivity contribution >= 4 is 21.4 Å². The Balaban J connectivity index is 2.52. The second-order valence-electron chi connectivity index (χ2n) is 4.51. The molecule has 0 aromatic heterocycles. The van der Waals surface area contributed by atoms with Crippen LogP contribution in [0.2, 0.25) is 5.02 Å². The summed E-state index contributed by atoms with van der Waals surface area (Å²) in [6, 6.07) is 9.71. The highest BCUT2D eigenvalue weighted by molar-refractivity contribution is 7.91. The van der Waals surface area contributed by atoms with Gasteiger partial charge in [0.05, 0.1) is 15.5 Å². The average molecular weight is 324 g/mol. The summed E-state index contributed by atoms with van der Waals surface area (Å²) in [5, 5.41) is -1.65. The van der Waals surface area contributed by atoms with Crippen molar-refractivity contribution in [2.24, 2.45) is 0 Å². The van der Waals surface area contributed by atoms with Gasteiger partial charge in [0.1, 0.15) is 5.82 Å². The van der Waals surface area contributed by atoms with E-state index in [9.17, 15) is 12.8 Å². The van der Waals surface area contributed by atoms with Gasteiger partial charge in [-0.3, -0.25) is 4.85 Å². The Hall–Kier alpha value is -1.90. The van der Waals surface area contributed by atoms with Gasteiger partial charge in [0.15, 0.2) is 0 Å². The standard InChI is InChI=1S/C15H11ClFNO2S/c1-10-3-6-12(7-4-10)21(19,20)15(18-2)11-5-8-14(17)13(16)9-11/h3-9,15H,1H3. The van der Waals surface area contributed by atoms with E-state index < -0.39 is 21.0 Å². The predicted octanol–water partition coefficient (Wildman–Crippen LogP) is 4.18. The van der Waals surface area contributed by atoms with Gasteiger partial charge >= 0.3 is 5.37 Å². The Labute approximate surface area is 127 Å². The molecule has 3 nitrogen and oxygen atoms in total. The molecule has 0 spiro atoms. The van der Waals surface area contributed by atoms with Crippen LogP contribution in [0.4, 0.5) is 4.39 Å². The third-order valence-corrected chi connectivity index (χ3v) is 5.17. The van der Waals surface area contributed by atoms with Crippen LogP contribution in [0.5, 0.6) is 0 Å². The fourth-order valence-corrected chi connectivity index (χ4v) is 3.45. The molecule has 0 amide bonds. The molecule has 0 aliphatic rings. The fourth-order valence-electron chi connectivity index (χ4n) is 1.85. The number of halogens is 2. The molecule has 0 bridgehead atoms. The molecule has 0 radical (unpaired) electrons. The number of aryl methyl sites for hydroxylation is 1. The summed E-state index contributed by atoms with van der Waals surface area (Å²) in [5.41, 5.74) is 1.06. The fraction of sp³-hybridized carbons (Fsp3) is 0.133. The number of benzene rings is 2. The molecule has 2 aromatic rings. The molecular formula is C15H11ClFNO2S. The van der Waals surface area contributed by atoms with E-state index in [4.69, 9.17) is 18.2 Å². The summed E-state index contributed by atoms with van der Waals surface area (Å²) in [5.74, 6) is -0.656. The van der Waals surface area contributed by atoms with E-state index in [0.29, 0.717) is 0 Å². The smallest absolute Gasteiger partial charge is 0.291 e. The first-order chi connectivity index (χ1) is 9.86. The van der Waals surface area contributed by atoms with Crippen molar-refractivity contribution in [2.45, 2.75) is 17.2 Å². The summed E-state index contributed by atoms with van der Waals surface area (Å²) >= 11 is 5.66. The van der Waals surface area contributed by atoms with Crippen LogP contribution in [0.1, 0.15) is 16.5 Å². The Kier molecular flexibility index (Phi) is 4.31. The first-order valence-corrected chi connectivity index (χ1v) is 7.91. The van der Waals surface area contributed by atoms with Crippen LogP contribution in [0.25, 0.3) is 4.85 Å². The molecule has 2 aromatic carbocycles. The summed E-state index contributed by atoms with van der Waals surface area (Å²) in [4.78, 5) is 3.23. The Morgan fingerprint density at radius 2 is 1.81 bits per heavy atom. The van der Waals surface area contributed by atoms with Gasteiger partial charge in [-0.25, -0.2) is 19.4 Å². The third kappa shape index (κ3) is 3.07. The molecule has 0 saturated heterocycles. The lowest BCUT2D eigenvalue weighted by atomic mass is 10.2. The van der Waals surface area contributed by atoms with Gasteiger partial charge in [-0.1, -0.05) is 29.3 Å². The number of rotatable bonds is 3. The van der Waals surface area contributed by atoms with Crippen molar-refractivity contribution < 1.29 is 12.8 Å². The maximum absolute atomic E-state index is 13.2. The van der Waals surface area contributed by atoms with Crippen LogP contribution < -0.4 is 0 Å². The zero-order chi connectivity index (χ0) is 15.6. The molecule has 0 fully saturated rings. The van der Waals surface area contributed by atoms with Crippen molar-refractivity contribution in [3.63, 3.8) is 0 Å². The molecule has 0 heterocycles. The molecule has 21 heavy (non-hydrogen) atoms. The normalized spacial score (nSPS) is 12.7. The van der Waals surface area contributed by atoms with Gasteiger partial charge in [0.25, 0.3) is 9.84 Å². The first-order valence-electron chi connectivity index (χ1n) is 5.98. The lowest BCUT2D eigenvalue weighted by molar-refractivity contribution is 0.589. The molecule has 1 atom stereocenters. The van der Waals surface area contributed by atoms with Crippen molar-refractivity contribution in [1.29, 1.82) is 0 Å². The number of sulfone groups is 1. The van der Waals surface area contributed by atoms with Gasteiger partial charge in [-0.2, -0.15) is 0 Å². The van der Waals surface area contributed by atoms with E-state index in [1.807, 2.05) is 6.92 Å². The van der Waals surface area contributed by atoms with E-state index in [0.717, 1.165) is 11.6 Å². The second-order valence-corrected chi connectivity index (χ2v) is 6.93. The lowest BCUT2D eigenvalue weighted by Gasteiger charge is -2.09. The highest BCUT2D eigenvalue weighted by Gasteiger charge is 2.34. The van der Waals surface area contributed by atoms with E-state index >= 15 is 0 Å². The van der Waals surface area contributed by atoms with Crippen LogP contribution in [0.3, 0.4) is 0 Å². The maximum atomic E-state index is 13.2. The Bertz CT molecular complexity index is 811. The molecule has 1 unspecified atom stereocenters. The number of hydrogen-bond donors (Lipinski definition) is 0. The van der Waals surface area contributed by atoms with Crippen molar-refractivity contribution in [1.82, 2.24) is 0 Å². The van der Waals surface area contributed by atoms with Crippen LogP contribution in [-0.4, -0.2) is 8.42 Å². The van der Waals surface area contributed by atoms with Crippen LogP contribution in [-0.2, 0) is 9.84 Å². The van der Waals surface area contributed by atoms with E-state index in [2.05, 4.69) is 4.85 Å². The Morgan fingerprint density at radius 3 is 2.33 bits per heavy atom. The maximum Gasteiger partial charge on any atom is 0.350 e. The summed E-state index contributed by atoms with van der Waals surface area (Å²) in [6.45, 7) is 9.01. The minimum absolute atomic E-state index is 0.0505. The van der Waals surface area contributed by atoms with Crippen molar-refractivity contribution in [2.75, 3.05) is 0 Å². The molecule has 2 rings (SSSR count). The monoisotopic (exact) mass is 323 g/mol. The van der Waals surface area contributed by atoms with Crippen LogP contribution in [0.15, 0.2) is 47.4 Å². The first kappa shape index (κ1) is 15.5. The molecule has 0 aliphatic carbocycles. The quantitative estimate of drug-likeness (QED) is 0.795. The van der Waals surface area contributed by atoms with Gasteiger partial charge in [0.2, 0.25) is 0 Å². The zero-order valence-corrected chi connectivity index (χ0v) is 12.6. The van der Waals surface area contributed by atoms with Gasteiger partial charge in [-0.15, -0.1) is 0 Å². The van der Waals surface area contributed by atoms with Crippen molar-refractivity contribution in [3.8, 4) is 0 Å².